The molecule has 0 saturated heterocycles. The predicted octanol–water partition coefficient (Wildman–Crippen LogP) is 7.19. The Hall–Kier alpha value is -1.96. The van der Waals surface area contributed by atoms with Crippen molar-refractivity contribution in [1.29, 1.82) is 0 Å². The van der Waals surface area contributed by atoms with Crippen molar-refractivity contribution in [1.82, 2.24) is 0 Å². The molecule has 0 radical (unpaired) electrons. The van der Waals surface area contributed by atoms with E-state index in [0.717, 1.165) is 24.2 Å². The number of allylic oxidation sites excluding steroid dienone is 2. The zero-order valence-electron chi connectivity index (χ0n) is 17.6. The van der Waals surface area contributed by atoms with Crippen LogP contribution in [0.15, 0.2) is 45.7 Å². The van der Waals surface area contributed by atoms with Crippen molar-refractivity contribution in [2.75, 3.05) is 11.9 Å². The van der Waals surface area contributed by atoms with E-state index in [4.69, 9.17) is 11.6 Å². The van der Waals surface area contributed by atoms with Crippen LogP contribution in [0.3, 0.4) is 0 Å². The Morgan fingerprint density at radius 2 is 1.84 bits per heavy atom. The van der Waals surface area contributed by atoms with Gasteiger partial charge in [0.05, 0.1) is 5.02 Å². The maximum Gasteiger partial charge on any atom is 0.255 e. The number of thioether (sulfide) groups is 1. The Bertz CT molecular complexity index is 958. The highest BCUT2D eigenvalue weighted by Crippen LogP contribution is 2.37. The molecule has 0 saturated carbocycles. The van der Waals surface area contributed by atoms with E-state index in [-0.39, 0.29) is 23.8 Å². The lowest BCUT2D eigenvalue weighted by molar-refractivity contribution is 0.102. The number of carbonyl (C=O) groups excluding carboxylic acids is 1. The van der Waals surface area contributed by atoms with Crippen LogP contribution in [0, 0.1) is 23.4 Å². The lowest BCUT2D eigenvalue weighted by atomic mass is 9.98. The fourth-order valence-electron chi connectivity index (χ4n) is 3.00. The van der Waals surface area contributed by atoms with Gasteiger partial charge in [-0.15, -0.1) is 0 Å². The van der Waals surface area contributed by atoms with E-state index in [1.165, 1.54) is 23.4 Å². The van der Waals surface area contributed by atoms with Gasteiger partial charge in [-0.2, -0.15) is 0 Å². The van der Waals surface area contributed by atoms with Gasteiger partial charge in [-0.05, 0) is 48.8 Å². The van der Waals surface area contributed by atoms with Crippen LogP contribution in [0.2, 0.25) is 5.02 Å². The van der Waals surface area contributed by atoms with Gasteiger partial charge >= 0.3 is 0 Å². The number of aliphatic hydroxyl groups excluding tert-OH is 1. The Labute approximate surface area is 189 Å². The molecule has 31 heavy (non-hydrogen) atoms. The van der Waals surface area contributed by atoms with E-state index in [1.807, 2.05) is 13.8 Å². The van der Waals surface area contributed by atoms with Crippen molar-refractivity contribution < 1.29 is 23.1 Å². The summed E-state index contributed by atoms with van der Waals surface area (Å²) in [6.07, 6.45) is 2.62. The second-order valence-electron chi connectivity index (χ2n) is 7.36. The maximum atomic E-state index is 13.4. The normalized spacial score (nSPS) is 13.0. The highest BCUT2D eigenvalue weighted by atomic mass is 35.5. The molecule has 0 fully saturated rings. The fraction of sp³-hybridized carbons (Fsp3) is 0.348. The molecule has 2 aromatic carbocycles. The lowest BCUT2D eigenvalue weighted by Gasteiger charge is -2.16. The van der Waals surface area contributed by atoms with Crippen molar-refractivity contribution in [2.24, 2.45) is 5.92 Å². The first-order valence-electron chi connectivity index (χ1n) is 9.89. The van der Waals surface area contributed by atoms with Crippen molar-refractivity contribution in [3.05, 3.63) is 68.8 Å². The van der Waals surface area contributed by atoms with Crippen LogP contribution in [-0.2, 0) is 0 Å². The third-order valence-electron chi connectivity index (χ3n) is 4.65. The molecule has 0 aliphatic rings. The van der Waals surface area contributed by atoms with Crippen LogP contribution in [0.25, 0.3) is 0 Å². The number of hydrogen-bond donors (Lipinski definition) is 2. The van der Waals surface area contributed by atoms with Gasteiger partial charge in [0.25, 0.3) is 5.91 Å². The number of amides is 1. The molecule has 1 amide bonds. The fourth-order valence-corrected chi connectivity index (χ4v) is 4.24. The number of carbonyl (C=O) groups is 1. The zero-order chi connectivity index (χ0) is 23.1. The smallest absolute Gasteiger partial charge is 0.255 e. The van der Waals surface area contributed by atoms with Gasteiger partial charge in [0, 0.05) is 34.9 Å². The summed E-state index contributed by atoms with van der Waals surface area (Å²) in [5.41, 5.74) is 1.27. The first-order chi connectivity index (χ1) is 14.7. The molecule has 0 aliphatic carbocycles. The monoisotopic (exact) mass is 471 g/mol. The van der Waals surface area contributed by atoms with Crippen LogP contribution in [-0.4, -0.2) is 17.6 Å². The first kappa shape index (κ1) is 25.3. The van der Waals surface area contributed by atoms with E-state index >= 15 is 0 Å². The van der Waals surface area contributed by atoms with Gasteiger partial charge < -0.3 is 10.4 Å². The van der Waals surface area contributed by atoms with Crippen molar-refractivity contribution in [3.8, 4) is 0 Å². The summed E-state index contributed by atoms with van der Waals surface area (Å²) in [6, 6.07) is 6.11. The van der Waals surface area contributed by atoms with E-state index in [0.29, 0.717) is 22.1 Å². The van der Waals surface area contributed by atoms with Crippen LogP contribution in [0.4, 0.5) is 18.9 Å². The standard InChI is InChI=1S/C23H25ClF3NO2S/c1-4-5-15(8-13(2)12-29)14(3)31-21-9-16(6-7-18(21)24)23(30)28-17-10-19(25)22(27)20(26)11-17/h6-7,9-11,13,29H,4-5,8,12H2,1-3H3,(H,28,30)/b15-14+. The van der Waals surface area contributed by atoms with Gasteiger partial charge in [0.15, 0.2) is 17.5 Å². The van der Waals surface area contributed by atoms with Gasteiger partial charge in [-0.1, -0.05) is 49.2 Å². The summed E-state index contributed by atoms with van der Waals surface area (Å²) < 4.78 is 39.9. The van der Waals surface area contributed by atoms with Gasteiger partial charge in [0.2, 0.25) is 0 Å². The molecule has 0 heterocycles. The van der Waals surface area contributed by atoms with Gasteiger partial charge in [0.1, 0.15) is 0 Å². The van der Waals surface area contributed by atoms with Gasteiger partial charge in [-0.3, -0.25) is 4.79 Å². The van der Waals surface area contributed by atoms with Crippen molar-refractivity contribution in [3.63, 3.8) is 0 Å². The molecule has 168 valence electrons. The summed E-state index contributed by atoms with van der Waals surface area (Å²) in [7, 11) is 0. The van der Waals surface area contributed by atoms with E-state index in [9.17, 15) is 23.1 Å². The van der Waals surface area contributed by atoms with Crippen molar-refractivity contribution in [2.45, 2.75) is 44.9 Å². The Morgan fingerprint density at radius 1 is 1.19 bits per heavy atom. The third kappa shape index (κ3) is 7.02. The van der Waals surface area contributed by atoms with E-state index < -0.39 is 23.4 Å². The summed E-state index contributed by atoms with van der Waals surface area (Å²) in [5, 5.41) is 12.2. The number of halogens is 4. The van der Waals surface area contributed by atoms with Crippen LogP contribution in [0.5, 0.6) is 0 Å². The molecule has 2 rings (SSSR count). The highest BCUT2D eigenvalue weighted by Gasteiger charge is 2.15. The molecule has 8 heteroatoms. The molecular weight excluding hydrogens is 447 g/mol. The predicted molar refractivity (Wildman–Crippen MR) is 120 cm³/mol. The Balaban J connectivity index is 2.26. The molecule has 1 unspecified atom stereocenters. The minimum absolute atomic E-state index is 0.103. The molecular formula is C23H25ClF3NO2S. The quantitative estimate of drug-likeness (QED) is 0.300. The Kier molecular flexibility index (Phi) is 9.47. The number of aliphatic hydroxyl groups is 1. The number of rotatable bonds is 9. The average molecular weight is 472 g/mol. The average Bonchev–Trinajstić information content (AvgIpc) is 2.72. The SMILES string of the molecule is CCC/C(CC(C)CO)=C(/C)Sc1cc(C(=O)Nc2cc(F)c(F)c(F)c2)ccc1Cl. The second kappa shape index (κ2) is 11.6. The summed E-state index contributed by atoms with van der Waals surface area (Å²) >= 11 is 7.75. The topological polar surface area (TPSA) is 49.3 Å². The number of benzene rings is 2. The van der Waals surface area contributed by atoms with E-state index in [2.05, 4.69) is 12.2 Å². The molecule has 0 aliphatic heterocycles. The molecule has 0 bridgehead atoms. The van der Waals surface area contributed by atoms with Crippen LogP contribution < -0.4 is 5.32 Å². The van der Waals surface area contributed by atoms with Crippen LogP contribution >= 0.6 is 23.4 Å². The highest BCUT2D eigenvalue weighted by molar-refractivity contribution is 8.03. The number of nitrogens with one attached hydrogen (secondary N) is 1. The maximum absolute atomic E-state index is 13.4. The van der Waals surface area contributed by atoms with E-state index in [1.54, 1.807) is 12.1 Å². The largest absolute Gasteiger partial charge is 0.396 e. The summed E-state index contributed by atoms with van der Waals surface area (Å²) in [5.74, 6) is -4.83. The van der Waals surface area contributed by atoms with Crippen LogP contribution in [0.1, 0.15) is 50.4 Å². The van der Waals surface area contributed by atoms with Crippen molar-refractivity contribution >= 4 is 35.0 Å². The molecule has 0 spiro atoms. The minimum Gasteiger partial charge on any atom is -0.396 e. The molecule has 1 atom stereocenters. The lowest BCUT2D eigenvalue weighted by Crippen LogP contribution is -2.12. The Morgan fingerprint density at radius 3 is 2.42 bits per heavy atom. The molecule has 2 N–H and O–H groups in total. The number of hydrogen-bond acceptors (Lipinski definition) is 3. The zero-order valence-corrected chi connectivity index (χ0v) is 19.1. The third-order valence-corrected chi connectivity index (χ3v) is 6.25. The summed E-state index contributed by atoms with van der Waals surface area (Å²) in [4.78, 5) is 14.3. The molecule has 2 aromatic rings. The molecule has 0 aromatic heterocycles. The number of anilines is 1. The minimum atomic E-state index is -1.59. The molecule has 3 nitrogen and oxygen atoms in total. The first-order valence-corrected chi connectivity index (χ1v) is 11.1. The summed E-state index contributed by atoms with van der Waals surface area (Å²) in [6.45, 7) is 6.15. The van der Waals surface area contributed by atoms with Gasteiger partial charge in [-0.25, -0.2) is 13.2 Å². The second-order valence-corrected chi connectivity index (χ2v) is 9.02.